The lowest BCUT2D eigenvalue weighted by Crippen LogP contribution is -2.64. The maximum Gasteiger partial charge on any atom is 0.252 e. The highest BCUT2D eigenvalue weighted by molar-refractivity contribution is 7.00. The number of hydrogen-bond acceptors (Lipinski definition) is 4. The minimum Gasteiger partial charge on any atom is -0.335 e. The van der Waals surface area contributed by atoms with Gasteiger partial charge in [0.1, 0.15) is 0 Å². The van der Waals surface area contributed by atoms with Crippen LogP contribution in [0.15, 0.2) is 176 Å². The minimum absolute atomic E-state index is 0.00196. The Hall–Kier alpha value is -8.54. The lowest BCUT2D eigenvalue weighted by molar-refractivity contribution is 0.195. The predicted octanol–water partition coefficient (Wildman–Crippen LogP) is 24.0. The zero-order valence-electron chi connectivity index (χ0n) is 64.3. The molecule has 10 aromatic rings. The summed E-state index contributed by atoms with van der Waals surface area (Å²) in [6, 6.07) is 69.1. The molecule has 101 heavy (non-hydrogen) atoms. The Morgan fingerprint density at radius 2 is 0.871 bits per heavy atom. The van der Waals surface area contributed by atoms with E-state index in [9.17, 15) is 0 Å². The highest BCUT2D eigenvalue weighted by Crippen LogP contribution is 2.65. The molecule has 0 radical (unpaired) electrons. The molecule has 2 fully saturated rings. The fraction of sp³-hybridized carbons (Fsp3) is 0.375. The predicted molar refractivity (Wildman–Crippen MR) is 433 cm³/mol. The molecular formula is C96H105BN4. The van der Waals surface area contributed by atoms with Crippen molar-refractivity contribution < 1.29 is 0 Å². The highest BCUT2D eigenvalue weighted by atomic mass is 15.3. The Bertz CT molecular complexity index is 5130. The molecule has 4 aliphatic heterocycles. The first kappa shape index (κ1) is 65.8. The zero-order chi connectivity index (χ0) is 70.9. The Balaban J connectivity index is 0.000000151. The van der Waals surface area contributed by atoms with Gasteiger partial charge >= 0.3 is 0 Å². The van der Waals surface area contributed by atoms with Crippen LogP contribution in [0, 0.1) is 41.5 Å². The number of rotatable bonds is 5. The van der Waals surface area contributed by atoms with Crippen LogP contribution in [0.3, 0.4) is 0 Å². The fourth-order valence-corrected chi connectivity index (χ4v) is 21.8. The van der Waals surface area contributed by atoms with Crippen LogP contribution in [-0.2, 0) is 32.5 Å². The largest absolute Gasteiger partial charge is 0.335 e. The van der Waals surface area contributed by atoms with Crippen LogP contribution in [0.1, 0.15) is 226 Å². The maximum atomic E-state index is 2.86. The number of nitrogens with zero attached hydrogens (tertiary/aromatic N) is 4. The molecule has 4 nitrogen and oxygen atoms in total. The number of anilines is 10. The Kier molecular flexibility index (Phi) is 14.3. The number of fused-ring (bicyclic) bond motifs is 17. The zero-order valence-corrected chi connectivity index (χ0v) is 64.3. The molecule has 0 amide bonds. The SMILES string of the molecule is Cc1cc(N(c2cccc3c2-c2ccccc2C3(C)C)c2c(C)cc(C(C)(C)C)cc2C)cc(N2c3ccccc3C3(C)CCCCC23C)c1.Cc1cc2c3c(c1)N1c4c(cccc4C4(C)CCCCC14C)B3c1ccc3c(c1N2c1c(C)cc(C(C)(C)C)cc1C)-c1ccccc1C3(C)C. The average molecular weight is 1330 g/mol. The average Bonchev–Trinajstić information content (AvgIpc) is 1.55. The number of para-hydroxylation sites is 2. The minimum atomic E-state index is -0.0823. The van der Waals surface area contributed by atoms with Gasteiger partial charge in [-0.3, -0.25) is 0 Å². The van der Waals surface area contributed by atoms with Gasteiger partial charge < -0.3 is 19.6 Å². The number of aryl methyl sites for hydroxylation is 6. The van der Waals surface area contributed by atoms with Crippen LogP contribution in [0.2, 0.25) is 0 Å². The van der Waals surface area contributed by atoms with E-state index in [-0.39, 0.29) is 50.3 Å². The van der Waals surface area contributed by atoms with E-state index >= 15 is 0 Å². The molecule has 4 heterocycles. The highest BCUT2D eigenvalue weighted by Gasteiger charge is 2.62. The Labute approximate surface area is 605 Å². The van der Waals surface area contributed by atoms with Crippen molar-refractivity contribution in [2.24, 2.45) is 0 Å². The Morgan fingerprint density at radius 3 is 1.50 bits per heavy atom. The second-order valence-electron chi connectivity index (χ2n) is 36.3. The summed E-state index contributed by atoms with van der Waals surface area (Å²) in [5.41, 5.74) is 43.0. The van der Waals surface area contributed by atoms with Crippen LogP contribution < -0.4 is 36.0 Å². The van der Waals surface area contributed by atoms with E-state index in [4.69, 9.17) is 0 Å². The maximum absolute atomic E-state index is 2.86. The van der Waals surface area contributed by atoms with Gasteiger partial charge in [0, 0.05) is 72.6 Å². The molecule has 512 valence electrons. The van der Waals surface area contributed by atoms with Gasteiger partial charge in [-0.25, -0.2) is 0 Å². The van der Waals surface area contributed by atoms with Crippen molar-refractivity contribution in [1.82, 2.24) is 0 Å². The smallest absolute Gasteiger partial charge is 0.252 e. The van der Waals surface area contributed by atoms with Gasteiger partial charge in [0.15, 0.2) is 0 Å². The summed E-state index contributed by atoms with van der Waals surface area (Å²) in [4.78, 5) is 10.9. The second kappa shape index (κ2) is 22.0. The molecule has 0 saturated heterocycles. The lowest BCUT2D eigenvalue weighted by Gasteiger charge is -2.53. The summed E-state index contributed by atoms with van der Waals surface area (Å²) in [6.45, 7) is 47.9. The first-order valence-corrected chi connectivity index (χ1v) is 38.3. The van der Waals surface area contributed by atoms with Crippen molar-refractivity contribution in [3.05, 3.63) is 254 Å². The first-order chi connectivity index (χ1) is 47.8. The molecule has 4 unspecified atom stereocenters. The van der Waals surface area contributed by atoms with Crippen LogP contribution in [-0.4, -0.2) is 17.8 Å². The van der Waals surface area contributed by atoms with Crippen LogP contribution >= 0.6 is 0 Å². The second-order valence-corrected chi connectivity index (χ2v) is 36.3. The standard InChI is InChI=1S/C48H51BN2.C48H54N2/c1-28-24-38-41-39(25-28)51-43-35(47(9)22-13-14-23-48(47,51)10)18-15-19-36(43)49(41)37-21-20-34-40(32-16-11-12-17-33(32)46(34,7)8)44(37)50(38)42-29(2)26-31(27-30(42)3)45(4,5)6;1-31-26-35(30-36(27-31)50-41-22-14-13-20-39(41)47(9)24-15-16-25-48(47,50)10)49(44-32(2)28-34(29-33(44)3)45(4,5)6)42-23-17-21-40-43(42)37-18-11-12-19-38(37)46(40,7)8/h11-12,15-21,24-27H,13-14,22-23H2,1-10H3;11-14,17-23,26-30H,15-16,24-25H2,1-10H3. The Morgan fingerprint density at radius 1 is 0.386 bits per heavy atom. The number of benzene rings is 10. The van der Waals surface area contributed by atoms with E-state index in [1.807, 2.05) is 0 Å². The molecule has 4 atom stereocenters. The van der Waals surface area contributed by atoms with Crippen LogP contribution in [0.25, 0.3) is 22.3 Å². The van der Waals surface area contributed by atoms with E-state index in [1.165, 1.54) is 219 Å². The quantitative estimate of drug-likeness (QED) is 0.159. The summed E-state index contributed by atoms with van der Waals surface area (Å²) >= 11 is 0. The van der Waals surface area contributed by atoms with E-state index in [1.54, 1.807) is 5.56 Å². The molecule has 18 rings (SSSR count). The third-order valence-electron chi connectivity index (χ3n) is 27.4. The third-order valence-corrected chi connectivity index (χ3v) is 27.4. The molecular weight excluding hydrogens is 1220 g/mol. The monoisotopic (exact) mass is 1320 g/mol. The third kappa shape index (κ3) is 8.98. The van der Waals surface area contributed by atoms with Crippen LogP contribution in [0.4, 0.5) is 56.9 Å². The van der Waals surface area contributed by atoms with Crippen molar-refractivity contribution in [2.45, 2.75) is 233 Å². The lowest BCUT2D eigenvalue weighted by atomic mass is 9.33. The van der Waals surface area contributed by atoms with Crippen molar-refractivity contribution >= 4 is 80.0 Å². The van der Waals surface area contributed by atoms with Crippen molar-refractivity contribution in [3.8, 4) is 22.3 Å². The van der Waals surface area contributed by atoms with Gasteiger partial charge in [0.25, 0.3) is 6.71 Å². The summed E-state index contributed by atoms with van der Waals surface area (Å²) in [6.07, 6.45) is 10.0. The van der Waals surface area contributed by atoms with Crippen molar-refractivity contribution in [2.75, 3.05) is 19.6 Å². The van der Waals surface area contributed by atoms with Crippen molar-refractivity contribution in [1.29, 1.82) is 0 Å². The normalized spacial score (nSPS) is 22.4. The molecule has 0 spiro atoms. The summed E-state index contributed by atoms with van der Waals surface area (Å²) in [5.74, 6) is 0. The molecule has 0 bridgehead atoms. The van der Waals surface area contributed by atoms with E-state index in [0.717, 1.165) is 0 Å². The van der Waals surface area contributed by atoms with Gasteiger partial charge in [0.2, 0.25) is 0 Å². The summed E-state index contributed by atoms with van der Waals surface area (Å²) in [7, 11) is 0. The molecule has 0 N–H and O–H groups in total. The first-order valence-electron chi connectivity index (χ1n) is 38.3. The van der Waals surface area contributed by atoms with Crippen molar-refractivity contribution in [3.63, 3.8) is 0 Å². The van der Waals surface area contributed by atoms with Gasteiger partial charge in [-0.15, -0.1) is 0 Å². The molecule has 0 aromatic heterocycles. The van der Waals surface area contributed by atoms with E-state index in [0.29, 0.717) is 0 Å². The van der Waals surface area contributed by atoms with Crippen LogP contribution in [0.5, 0.6) is 0 Å². The van der Waals surface area contributed by atoms with Gasteiger partial charge in [-0.1, -0.05) is 242 Å². The van der Waals surface area contributed by atoms with Gasteiger partial charge in [-0.2, -0.15) is 0 Å². The van der Waals surface area contributed by atoms with Gasteiger partial charge in [0.05, 0.1) is 28.1 Å². The van der Waals surface area contributed by atoms with E-state index in [2.05, 4.69) is 334 Å². The molecule has 10 aromatic carbocycles. The summed E-state index contributed by atoms with van der Waals surface area (Å²) in [5, 5.41) is 0. The molecule has 2 saturated carbocycles. The van der Waals surface area contributed by atoms with E-state index < -0.39 is 0 Å². The summed E-state index contributed by atoms with van der Waals surface area (Å²) < 4.78 is 0. The molecule has 5 heteroatoms. The topological polar surface area (TPSA) is 13.0 Å². The molecule has 8 aliphatic rings. The molecule has 4 aliphatic carbocycles. The van der Waals surface area contributed by atoms with Gasteiger partial charge in [-0.05, 0) is 240 Å². The fourth-order valence-electron chi connectivity index (χ4n) is 21.8. The number of hydrogen-bond donors (Lipinski definition) is 0.